The molecule has 0 aliphatic heterocycles. The van der Waals surface area contributed by atoms with Crippen LogP contribution in [0.1, 0.15) is 178 Å². The number of rotatable bonds is 6. The van der Waals surface area contributed by atoms with Crippen LogP contribution in [-0.2, 0) is 0 Å². The largest absolute Gasteiger partial charge is 0.129 e. The Hall–Kier alpha value is -0.480. The van der Waals surface area contributed by atoms with E-state index in [9.17, 15) is 0 Å². The van der Waals surface area contributed by atoms with Gasteiger partial charge in [0.2, 0.25) is 0 Å². The third kappa shape index (κ3) is 5.05. The van der Waals surface area contributed by atoms with Gasteiger partial charge in [0.15, 0.2) is 0 Å². The van der Waals surface area contributed by atoms with Crippen LogP contribution in [0.15, 0.2) is 17.9 Å². The van der Waals surface area contributed by atoms with E-state index in [0.29, 0.717) is 27.1 Å². The van der Waals surface area contributed by atoms with Gasteiger partial charge in [-0.05, 0) is 127 Å². The highest BCUT2D eigenvalue weighted by Crippen LogP contribution is 2.77. The van der Waals surface area contributed by atoms with E-state index in [2.05, 4.69) is 74.6 Å². The summed E-state index contributed by atoms with van der Waals surface area (Å²) < 4.78 is 0. The molecule has 1 unspecified atom stereocenters. The fraction of sp³-hybridized carbons (Fsp3) is 0.921. The molecule has 0 amide bonds. The second kappa shape index (κ2) is 12.6. The maximum absolute atomic E-state index is 4.22. The average molecular weight is 525 g/mol. The Labute approximate surface area is 240 Å². The highest BCUT2D eigenvalue weighted by atomic mass is 14.7. The van der Waals surface area contributed by atoms with E-state index in [0.717, 1.165) is 17.8 Å². The first-order valence-electron chi connectivity index (χ1n) is 17.4. The van der Waals surface area contributed by atoms with Gasteiger partial charge in [-0.2, -0.15) is 0 Å². The van der Waals surface area contributed by atoms with E-state index in [1.807, 2.05) is 0 Å². The van der Waals surface area contributed by atoms with Crippen LogP contribution in [0.5, 0.6) is 0 Å². The highest BCUT2D eigenvalue weighted by molar-refractivity contribution is 5.20. The Balaban J connectivity index is 0.00000127. The molecule has 4 fully saturated rings. The van der Waals surface area contributed by atoms with E-state index in [1.165, 1.54) is 116 Å². The molecule has 4 saturated carbocycles. The second-order valence-corrected chi connectivity index (χ2v) is 15.4. The molecule has 0 heterocycles. The monoisotopic (exact) mass is 525 g/mol. The first kappa shape index (κ1) is 32.0. The maximum Gasteiger partial charge on any atom is -0.00706 e. The fourth-order valence-corrected chi connectivity index (χ4v) is 11.7. The van der Waals surface area contributed by atoms with Crippen molar-refractivity contribution in [3.63, 3.8) is 0 Å². The molecule has 8 atom stereocenters. The van der Waals surface area contributed by atoms with Gasteiger partial charge in [0.1, 0.15) is 0 Å². The van der Waals surface area contributed by atoms with Crippen LogP contribution in [-0.4, -0.2) is 0 Å². The van der Waals surface area contributed by atoms with Crippen LogP contribution in [0.4, 0.5) is 0 Å². The van der Waals surface area contributed by atoms with Gasteiger partial charge in [0.25, 0.3) is 0 Å². The van der Waals surface area contributed by atoms with E-state index >= 15 is 0 Å². The van der Waals surface area contributed by atoms with Crippen molar-refractivity contribution >= 4 is 0 Å². The van der Waals surface area contributed by atoms with Gasteiger partial charge >= 0.3 is 0 Å². The number of allylic oxidation sites excluding steroid dienone is 1. The van der Waals surface area contributed by atoms with Crippen LogP contribution in [0.2, 0.25) is 0 Å². The van der Waals surface area contributed by atoms with E-state index in [4.69, 9.17) is 0 Å². The van der Waals surface area contributed by atoms with Crippen molar-refractivity contribution < 1.29 is 0 Å². The molecule has 4 aliphatic rings. The van der Waals surface area contributed by atoms with Crippen molar-refractivity contribution in [2.45, 2.75) is 178 Å². The first-order chi connectivity index (χ1) is 18.1. The summed E-state index contributed by atoms with van der Waals surface area (Å²) in [5.41, 5.74) is 7.71. The Kier molecular flexibility index (Phi) is 10.6. The number of hydrogen-bond acceptors (Lipinski definition) is 0. The molecule has 0 aromatic carbocycles. The fourth-order valence-electron chi connectivity index (χ4n) is 11.7. The van der Waals surface area contributed by atoms with Crippen LogP contribution in [0.3, 0.4) is 0 Å². The lowest BCUT2D eigenvalue weighted by molar-refractivity contribution is -0.224. The standard InChI is InChI=1S/C35H60.C3H8/c1-9-17-27(10-2)28-18-14-15-19-29-30-20-23-34(12-4)26-31(6,11-3)21-16-22-33(34,8)35(30,13-5)25-24-32(28,29)7;1-3-2/h28-30H,2,9,11-26H2,1,3-8H3;3H2,1-2H3/t28-,29?,30+,31-,32-,33+,34-,35+;/m1./s1. The molecule has 220 valence electrons. The van der Waals surface area contributed by atoms with Crippen molar-refractivity contribution in [2.24, 2.45) is 44.8 Å². The molecule has 0 saturated heterocycles. The maximum atomic E-state index is 4.22. The van der Waals surface area contributed by atoms with Crippen molar-refractivity contribution in [2.75, 3.05) is 0 Å². The summed E-state index contributed by atoms with van der Waals surface area (Å²) in [6, 6.07) is 0. The summed E-state index contributed by atoms with van der Waals surface area (Å²) in [6.07, 6.45) is 25.5. The first-order valence-corrected chi connectivity index (χ1v) is 17.4. The summed E-state index contributed by atoms with van der Waals surface area (Å²) in [6.45, 7) is 26.7. The predicted octanol–water partition coefficient (Wildman–Crippen LogP) is 12.7. The molecule has 38 heavy (non-hydrogen) atoms. The molecule has 0 nitrogen and oxygen atoms in total. The normalized spacial score (nSPS) is 44.6. The summed E-state index contributed by atoms with van der Waals surface area (Å²) in [7, 11) is 0. The van der Waals surface area contributed by atoms with E-state index in [-0.39, 0.29) is 0 Å². The third-order valence-electron chi connectivity index (χ3n) is 14.0. The summed E-state index contributed by atoms with van der Waals surface area (Å²) in [5.74, 6) is 2.55. The molecule has 0 bridgehead atoms. The zero-order valence-electron chi connectivity index (χ0n) is 27.7. The SMILES string of the molecule is C=C=C(CCC)[C@H]1CCCCC2[C@@H]3CC[C@]4(CC)C[C@](C)(CC)CCC[C@]4(C)[C@@]3(CC)CC[C@@]21C.CCC. The molecule has 4 rings (SSSR count). The van der Waals surface area contributed by atoms with Gasteiger partial charge < -0.3 is 0 Å². The topological polar surface area (TPSA) is 0 Å². The third-order valence-corrected chi connectivity index (χ3v) is 14.0. The molecule has 0 spiro atoms. The zero-order valence-corrected chi connectivity index (χ0v) is 27.7. The van der Waals surface area contributed by atoms with Gasteiger partial charge in [-0.25, -0.2) is 0 Å². The second-order valence-electron chi connectivity index (χ2n) is 15.4. The van der Waals surface area contributed by atoms with Crippen LogP contribution in [0, 0.1) is 44.8 Å². The van der Waals surface area contributed by atoms with Crippen molar-refractivity contribution in [3.05, 3.63) is 17.9 Å². The summed E-state index contributed by atoms with van der Waals surface area (Å²) in [5, 5.41) is 0. The van der Waals surface area contributed by atoms with Crippen molar-refractivity contribution in [1.82, 2.24) is 0 Å². The molecular formula is C38H68. The molecular weight excluding hydrogens is 456 g/mol. The summed E-state index contributed by atoms with van der Waals surface area (Å²) >= 11 is 0. The van der Waals surface area contributed by atoms with Crippen molar-refractivity contribution in [1.29, 1.82) is 0 Å². The van der Waals surface area contributed by atoms with Gasteiger partial charge in [0.05, 0.1) is 0 Å². The zero-order chi connectivity index (χ0) is 28.2. The molecule has 0 aromatic heterocycles. The Morgan fingerprint density at radius 1 is 0.737 bits per heavy atom. The minimum absolute atomic E-state index is 0.459. The molecule has 0 N–H and O–H groups in total. The number of fused-ring (bicyclic) bond motifs is 5. The smallest absolute Gasteiger partial charge is 0.00706 e. The van der Waals surface area contributed by atoms with Crippen molar-refractivity contribution in [3.8, 4) is 0 Å². The molecule has 0 radical (unpaired) electrons. The lowest BCUT2D eigenvalue weighted by Crippen LogP contribution is -2.64. The van der Waals surface area contributed by atoms with Gasteiger partial charge in [-0.3, -0.25) is 0 Å². The lowest BCUT2D eigenvalue weighted by atomic mass is 9.33. The Morgan fingerprint density at radius 2 is 1.42 bits per heavy atom. The lowest BCUT2D eigenvalue weighted by Gasteiger charge is -2.71. The molecule has 0 heteroatoms. The highest BCUT2D eigenvalue weighted by Gasteiger charge is 2.69. The van der Waals surface area contributed by atoms with Crippen LogP contribution < -0.4 is 0 Å². The molecule has 0 aromatic rings. The minimum atomic E-state index is 0.459. The minimum Gasteiger partial charge on any atom is -0.129 e. The van der Waals surface area contributed by atoms with Gasteiger partial charge in [0, 0.05) is 0 Å². The van der Waals surface area contributed by atoms with E-state index in [1.54, 1.807) is 5.57 Å². The van der Waals surface area contributed by atoms with Gasteiger partial charge in [-0.1, -0.05) is 107 Å². The quantitative estimate of drug-likeness (QED) is 0.303. The van der Waals surface area contributed by atoms with Gasteiger partial charge in [-0.15, -0.1) is 5.73 Å². The predicted molar refractivity (Wildman–Crippen MR) is 169 cm³/mol. The van der Waals surface area contributed by atoms with Crippen LogP contribution >= 0.6 is 0 Å². The Morgan fingerprint density at radius 3 is 2.00 bits per heavy atom. The average Bonchev–Trinajstić information content (AvgIpc) is 3.15. The summed E-state index contributed by atoms with van der Waals surface area (Å²) in [4.78, 5) is 0. The Bertz CT molecular complexity index is 816. The van der Waals surface area contributed by atoms with E-state index < -0.39 is 0 Å². The van der Waals surface area contributed by atoms with Crippen LogP contribution in [0.25, 0.3) is 0 Å². The molecule has 4 aliphatic carbocycles. The number of hydrogen-bond donors (Lipinski definition) is 0.